The van der Waals surface area contributed by atoms with Crippen molar-refractivity contribution in [1.29, 1.82) is 0 Å². The van der Waals surface area contributed by atoms with E-state index < -0.39 is 29.6 Å². The van der Waals surface area contributed by atoms with Crippen molar-refractivity contribution in [3.63, 3.8) is 0 Å². The van der Waals surface area contributed by atoms with Gasteiger partial charge in [-0.2, -0.15) is 13.2 Å². The molecular formula is C11H8F4O2. The van der Waals surface area contributed by atoms with E-state index in [1.165, 1.54) is 6.07 Å². The van der Waals surface area contributed by atoms with Crippen LogP contribution in [0.5, 0.6) is 0 Å². The number of benzene rings is 1. The topological polar surface area (TPSA) is 26.3 Å². The maximum Gasteiger partial charge on any atom is 0.419 e. The van der Waals surface area contributed by atoms with Crippen LogP contribution in [0, 0.1) is 5.82 Å². The Morgan fingerprint density at radius 3 is 2.53 bits per heavy atom. The summed E-state index contributed by atoms with van der Waals surface area (Å²) in [6, 6.07) is 2.64. The van der Waals surface area contributed by atoms with Gasteiger partial charge in [0.2, 0.25) is 0 Å². The predicted molar refractivity (Wildman–Crippen MR) is 49.5 cm³/mol. The number of halogens is 4. The zero-order valence-electron chi connectivity index (χ0n) is 8.55. The van der Waals surface area contributed by atoms with Crippen molar-refractivity contribution in [1.82, 2.24) is 0 Å². The molecule has 17 heavy (non-hydrogen) atoms. The van der Waals surface area contributed by atoms with Crippen LogP contribution < -0.4 is 0 Å². The maximum atomic E-state index is 13.0. The molecule has 0 saturated carbocycles. The molecule has 0 aromatic heterocycles. The fraction of sp³-hybridized carbons (Fsp3) is 0.364. The average Bonchev–Trinajstić information content (AvgIpc) is 2.64. The minimum atomic E-state index is -4.75. The first-order valence-electron chi connectivity index (χ1n) is 4.94. The lowest BCUT2D eigenvalue weighted by molar-refractivity contribution is -0.141. The molecule has 1 unspecified atom stereocenters. The highest BCUT2D eigenvalue weighted by Crippen LogP contribution is 2.36. The molecule has 2 rings (SSSR count). The van der Waals surface area contributed by atoms with Gasteiger partial charge in [-0.05, 0) is 24.1 Å². The smallest absolute Gasteiger partial charge is 0.419 e. The molecule has 1 heterocycles. The van der Waals surface area contributed by atoms with Gasteiger partial charge in [0.05, 0.1) is 5.56 Å². The largest absolute Gasteiger partial charge is 0.457 e. The van der Waals surface area contributed by atoms with Crippen molar-refractivity contribution in [3.8, 4) is 0 Å². The second-order valence-corrected chi connectivity index (χ2v) is 3.75. The zero-order chi connectivity index (χ0) is 12.6. The first-order valence-corrected chi connectivity index (χ1v) is 4.94. The van der Waals surface area contributed by atoms with E-state index in [9.17, 15) is 22.4 Å². The van der Waals surface area contributed by atoms with Crippen LogP contribution in [0.15, 0.2) is 18.2 Å². The number of alkyl halides is 3. The molecule has 1 atom stereocenters. The number of hydrogen-bond acceptors (Lipinski definition) is 2. The number of carbonyl (C=O) groups excluding carboxylic acids is 1. The summed E-state index contributed by atoms with van der Waals surface area (Å²) in [5.74, 6) is -1.78. The van der Waals surface area contributed by atoms with Gasteiger partial charge in [0.1, 0.15) is 11.9 Å². The molecule has 0 amide bonds. The summed E-state index contributed by atoms with van der Waals surface area (Å²) < 4.78 is 55.2. The van der Waals surface area contributed by atoms with Gasteiger partial charge in [-0.25, -0.2) is 4.39 Å². The molecule has 1 aliphatic heterocycles. The third-order valence-corrected chi connectivity index (χ3v) is 2.55. The van der Waals surface area contributed by atoms with Crippen LogP contribution in [0.1, 0.15) is 30.1 Å². The van der Waals surface area contributed by atoms with E-state index in [4.69, 9.17) is 4.74 Å². The van der Waals surface area contributed by atoms with Crippen molar-refractivity contribution < 1.29 is 27.1 Å². The first-order chi connectivity index (χ1) is 7.88. The molecule has 0 spiro atoms. The summed E-state index contributed by atoms with van der Waals surface area (Å²) >= 11 is 0. The Morgan fingerprint density at radius 2 is 2.00 bits per heavy atom. The number of esters is 1. The van der Waals surface area contributed by atoms with Gasteiger partial charge >= 0.3 is 12.1 Å². The van der Waals surface area contributed by atoms with Crippen LogP contribution in [0.25, 0.3) is 0 Å². The van der Waals surface area contributed by atoms with E-state index in [1.807, 2.05) is 0 Å². The van der Waals surface area contributed by atoms with Gasteiger partial charge in [0.15, 0.2) is 0 Å². The van der Waals surface area contributed by atoms with E-state index in [0.717, 1.165) is 6.07 Å². The molecule has 1 aliphatic rings. The average molecular weight is 248 g/mol. The van der Waals surface area contributed by atoms with Gasteiger partial charge in [-0.15, -0.1) is 0 Å². The summed E-state index contributed by atoms with van der Waals surface area (Å²) in [4.78, 5) is 10.9. The Balaban J connectivity index is 2.34. The van der Waals surface area contributed by atoms with Crippen molar-refractivity contribution in [2.24, 2.45) is 0 Å². The molecule has 0 N–H and O–H groups in total. The third kappa shape index (κ3) is 2.40. The number of rotatable bonds is 1. The summed E-state index contributed by atoms with van der Waals surface area (Å²) in [5, 5.41) is 0. The zero-order valence-corrected chi connectivity index (χ0v) is 8.55. The lowest BCUT2D eigenvalue weighted by atomic mass is 10.0. The van der Waals surface area contributed by atoms with Gasteiger partial charge in [0, 0.05) is 6.42 Å². The quantitative estimate of drug-likeness (QED) is 0.563. The van der Waals surface area contributed by atoms with Crippen LogP contribution >= 0.6 is 0 Å². The Bertz CT molecular complexity index is 453. The molecular weight excluding hydrogens is 240 g/mol. The summed E-state index contributed by atoms with van der Waals surface area (Å²) in [6.45, 7) is 0. The summed E-state index contributed by atoms with van der Waals surface area (Å²) in [6.07, 6.45) is -4.96. The van der Waals surface area contributed by atoms with Gasteiger partial charge in [0.25, 0.3) is 0 Å². The van der Waals surface area contributed by atoms with Crippen LogP contribution in [0.3, 0.4) is 0 Å². The highest BCUT2D eigenvalue weighted by Gasteiger charge is 2.35. The van der Waals surface area contributed by atoms with Gasteiger partial charge in [-0.1, -0.05) is 6.07 Å². The molecule has 1 aromatic rings. The van der Waals surface area contributed by atoms with Crippen LogP contribution in [0.4, 0.5) is 17.6 Å². The lowest BCUT2D eigenvalue weighted by Gasteiger charge is -2.13. The van der Waals surface area contributed by atoms with E-state index in [1.54, 1.807) is 0 Å². The first kappa shape index (κ1) is 11.9. The van der Waals surface area contributed by atoms with Crippen molar-refractivity contribution in [2.45, 2.75) is 25.1 Å². The third-order valence-electron chi connectivity index (χ3n) is 2.55. The maximum absolute atomic E-state index is 13.0. The fourth-order valence-corrected chi connectivity index (χ4v) is 1.72. The minimum Gasteiger partial charge on any atom is -0.457 e. The second kappa shape index (κ2) is 4.01. The van der Waals surface area contributed by atoms with E-state index >= 15 is 0 Å². The Morgan fingerprint density at radius 1 is 1.29 bits per heavy atom. The molecule has 0 aliphatic carbocycles. The summed E-state index contributed by atoms with van der Waals surface area (Å²) in [7, 11) is 0. The van der Waals surface area contributed by atoms with Gasteiger partial charge < -0.3 is 4.74 Å². The normalized spacial score (nSPS) is 20.5. The molecule has 1 saturated heterocycles. The monoisotopic (exact) mass is 248 g/mol. The SMILES string of the molecule is O=C1CCC(c2ccc(F)c(C(F)(F)F)c2)O1. The van der Waals surface area contributed by atoms with Crippen LogP contribution in [-0.4, -0.2) is 5.97 Å². The molecule has 6 heteroatoms. The Hall–Kier alpha value is -1.59. The minimum absolute atomic E-state index is 0.170. The van der Waals surface area contributed by atoms with Crippen LogP contribution in [-0.2, 0) is 15.7 Å². The molecule has 1 fully saturated rings. The molecule has 2 nitrogen and oxygen atoms in total. The number of carbonyl (C=O) groups is 1. The number of cyclic esters (lactones) is 1. The van der Waals surface area contributed by atoms with Crippen molar-refractivity contribution >= 4 is 5.97 Å². The molecule has 0 bridgehead atoms. The van der Waals surface area contributed by atoms with E-state index in [-0.39, 0.29) is 12.0 Å². The highest BCUT2D eigenvalue weighted by atomic mass is 19.4. The molecule has 92 valence electrons. The second-order valence-electron chi connectivity index (χ2n) is 3.75. The van der Waals surface area contributed by atoms with Crippen LogP contribution in [0.2, 0.25) is 0 Å². The number of hydrogen-bond donors (Lipinski definition) is 0. The van der Waals surface area contributed by atoms with Crippen molar-refractivity contribution in [3.05, 3.63) is 35.1 Å². The lowest BCUT2D eigenvalue weighted by Crippen LogP contribution is -2.10. The molecule has 0 radical (unpaired) electrons. The number of ether oxygens (including phenoxy) is 1. The standard InChI is InChI=1S/C11H8F4O2/c12-8-2-1-6(5-7(8)11(13,14)15)9-3-4-10(16)17-9/h1-2,5,9H,3-4H2. The Labute approximate surface area is 94.2 Å². The Kier molecular flexibility index (Phi) is 2.81. The van der Waals surface area contributed by atoms with E-state index in [2.05, 4.69) is 0 Å². The fourth-order valence-electron chi connectivity index (χ4n) is 1.72. The summed E-state index contributed by atoms with van der Waals surface area (Å²) in [5.41, 5.74) is -1.16. The van der Waals surface area contributed by atoms with Gasteiger partial charge in [-0.3, -0.25) is 4.79 Å². The molecule has 1 aromatic carbocycles. The van der Waals surface area contributed by atoms with Crippen molar-refractivity contribution in [2.75, 3.05) is 0 Å². The predicted octanol–water partition coefficient (Wildman–Crippen LogP) is 3.22. The highest BCUT2D eigenvalue weighted by molar-refractivity contribution is 5.71. The van der Waals surface area contributed by atoms with E-state index in [0.29, 0.717) is 12.5 Å².